The van der Waals surface area contributed by atoms with Crippen LogP contribution < -0.4 is 20.1 Å². The van der Waals surface area contributed by atoms with Gasteiger partial charge in [0.15, 0.2) is 0 Å². The lowest BCUT2D eigenvalue weighted by Gasteiger charge is -2.12. The molecule has 7 nitrogen and oxygen atoms in total. The molecule has 0 fully saturated rings. The van der Waals surface area contributed by atoms with E-state index in [4.69, 9.17) is 14.7 Å². The van der Waals surface area contributed by atoms with Crippen LogP contribution in [-0.2, 0) is 11.3 Å². The van der Waals surface area contributed by atoms with Gasteiger partial charge in [-0.05, 0) is 23.8 Å². The van der Waals surface area contributed by atoms with Gasteiger partial charge >= 0.3 is 0 Å². The lowest BCUT2D eigenvalue weighted by Crippen LogP contribution is -2.24. The summed E-state index contributed by atoms with van der Waals surface area (Å²) in [4.78, 5) is 24.1. The van der Waals surface area contributed by atoms with E-state index in [1.807, 2.05) is 0 Å². The van der Waals surface area contributed by atoms with Gasteiger partial charge in [0.2, 0.25) is 5.91 Å². The molecule has 2 N–H and O–H groups in total. The van der Waals surface area contributed by atoms with Crippen molar-refractivity contribution in [3.05, 3.63) is 53.6 Å². The first-order chi connectivity index (χ1) is 12.6. The lowest BCUT2D eigenvalue weighted by molar-refractivity contribution is -0.115. The van der Waals surface area contributed by atoms with Crippen molar-refractivity contribution < 1.29 is 19.1 Å². The molecule has 2 rings (SSSR count). The number of benzene rings is 2. The Labute approximate surface area is 151 Å². The average Bonchev–Trinajstić information content (AvgIpc) is 2.66. The summed E-state index contributed by atoms with van der Waals surface area (Å²) in [5.41, 5.74) is 1.67. The van der Waals surface area contributed by atoms with Crippen LogP contribution in [0.3, 0.4) is 0 Å². The van der Waals surface area contributed by atoms with Crippen molar-refractivity contribution in [2.45, 2.75) is 13.0 Å². The SMILES string of the molecule is COc1cc(OC)cc(C(=O)NCc2ccccc2NC(=O)CC#N)c1. The minimum absolute atomic E-state index is 0.210. The number of nitrogens with one attached hydrogen (secondary N) is 2. The van der Waals surface area contributed by atoms with Crippen LogP contribution in [-0.4, -0.2) is 26.0 Å². The number of anilines is 1. The van der Waals surface area contributed by atoms with E-state index in [1.165, 1.54) is 14.2 Å². The summed E-state index contributed by atoms with van der Waals surface area (Å²) in [6, 6.07) is 13.8. The van der Waals surface area contributed by atoms with E-state index in [0.717, 1.165) is 5.56 Å². The van der Waals surface area contributed by atoms with Crippen LogP contribution >= 0.6 is 0 Å². The molecule has 0 aromatic heterocycles. The van der Waals surface area contributed by atoms with Gasteiger partial charge in [0, 0.05) is 23.9 Å². The average molecular weight is 353 g/mol. The Morgan fingerprint density at radius 2 is 1.73 bits per heavy atom. The van der Waals surface area contributed by atoms with E-state index in [-0.39, 0.29) is 18.9 Å². The molecule has 2 aromatic carbocycles. The highest BCUT2D eigenvalue weighted by molar-refractivity contribution is 5.95. The number of para-hydroxylation sites is 1. The van der Waals surface area contributed by atoms with Crippen molar-refractivity contribution in [1.82, 2.24) is 5.32 Å². The zero-order chi connectivity index (χ0) is 18.9. The molecular weight excluding hydrogens is 334 g/mol. The molecule has 0 aliphatic rings. The number of hydrogen-bond donors (Lipinski definition) is 2. The Morgan fingerprint density at radius 3 is 2.35 bits per heavy atom. The van der Waals surface area contributed by atoms with Gasteiger partial charge in [0.05, 0.1) is 20.3 Å². The molecule has 0 unspecified atom stereocenters. The van der Waals surface area contributed by atoms with Gasteiger partial charge in [0.25, 0.3) is 5.91 Å². The van der Waals surface area contributed by atoms with Gasteiger partial charge in [-0.25, -0.2) is 0 Å². The predicted octanol–water partition coefficient (Wildman–Crippen LogP) is 2.49. The van der Waals surface area contributed by atoms with Crippen molar-refractivity contribution in [1.29, 1.82) is 5.26 Å². The van der Waals surface area contributed by atoms with Crippen molar-refractivity contribution >= 4 is 17.5 Å². The van der Waals surface area contributed by atoms with Crippen molar-refractivity contribution in [2.24, 2.45) is 0 Å². The topological polar surface area (TPSA) is 100 Å². The number of nitrogens with zero attached hydrogens (tertiary/aromatic N) is 1. The molecule has 0 heterocycles. The Morgan fingerprint density at radius 1 is 1.08 bits per heavy atom. The fourth-order valence-corrected chi connectivity index (χ4v) is 2.28. The van der Waals surface area contributed by atoms with E-state index in [1.54, 1.807) is 48.5 Å². The van der Waals surface area contributed by atoms with Crippen LogP contribution in [0.25, 0.3) is 0 Å². The van der Waals surface area contributed by atoms with E-state index < -0.39 is 5.91 Å². The van der Waals surface area contributed by atoms with Crippen LogP contribution in [0.15, 0.2) is 42.5 Å². The zero-order valence-corrected chi connectivity index (χ0v) is 14.5. The minimum Gasteiger partial charge on any atom is -0.497 e. The maximum Gasteiger partial charge on any atom is 0.251 e. The van der Waals surface area contributed by atoms with Crippen molar-refractivity contribution in [2.75, 3.05) is 19.5 Å². The Bertz CT molecular complexity index is 821. The number of carbonyl (C=O) groups is 2. The first-order valence-corrected chi connectivity index (χ1v) is 7.83. The van der Waals surface area contributed by atoms with Gasteiger partial charge < -0.3 is 20.1 Å². The van der Waals surface area contributed by atoms with Gasteiger partial charge in [-0.2, -0.15) is 5.26 Å². The number of nitriles is 1. The van der Waals surface area contributed by atoms with Crippen LogP contribution in [0.4, 0.5) is 5.69 Å². The summed E-state index contributed by atoms with van der Waals surface area (Å²) < 4.78 is 10.3. The number of carbonyl (C=O) groups excluding carboxylic acids is 2. The molecule has 0 saturated heterocycles. The zero-order valence-electron chi connectivity index (χ0n) is 14.5. The molecule has 0 radical (unpaired) electrons. The molecule has 2 aromatic rings. The maximum atomic E-state index is 12.4. The summed E-state index contributed by atoms with van der Waals surface area (Å²) in [6.45, 7) is 0.210. The highest BCUT2D eigenvalue weighted by Crippen LogP contribution is 2.22. The van der Waals surface area contributed by atoms with E-state index >= 15 is 0 Å². The standard InChI is InChI=1S/C19H19N3O4/c1-25-15-9-14(10-16(11-15)26-2)19(24)21-12-13-5-3-4-6-17(13)22-18(23)7-8-20/h3-6,9-11H,7,12H2,1-2H3,(H,21,24)(H,22,23). The molecule has 0 bridgehead atoms. The quantitative estimate of drug-likeness (QED) is 0.796. The number of rotatable bonds is 7. The fourth-order valence-electron chi connectivity index (χ4n) is 2.28. The molecule has 134 valence electrons. The van der Waals surface area contributed by atoms with Gasteiger partial charge in [0.1, 0.15) is 17.9 Å². The number of methoxy groups -OCH3 is 2. The van der Waals surface area contributed by atoms with Gasteiger partial charge in [-0.3, -0.25) is 9.59 Å². The summed E-state index contributed by atoms with van der Waals surface area (Å²) in [5.74, 6) is 0.321. The second kappa shape index (κ2) is 9.08. The first kappa shape index (κ1) is 18.8. The molecule has 26 heavy (non-hydrogen) atoms. The molecule has 7 heteroatoms. The molecule has 0 aliphatic carbocycles. The maximum absolute atomic E-state index is 12.4. The van der Waals surface area contributed by atoms with Crippen molar-refractivity contribution in [3.63, 3.8) is 0 Å². The van der Waals surface area contributed by atoms with Crippen LogP contribution in [0, 0.1) is 11.3 Å². The lowest BCUT2D eigenvalue weighted by atomic mass is 10.1. The minimum atomic E-state index is -0.399. The predicted molar refractivity (Wildman–Crippen MR) is 96.0 cm³/mol. The molecule has 2 amide bonds. The normalized spacial score (nSPS) is 9.73. The molecule has 0 spiro atoms. The first-order valence-electron chi connectivity index (χ1n) is 7.83. The third-order valence-corrected chi connectivity index (χ3v) is 3.58. The van der Waals surface area contributed by atoms with Crippen LogP contribution in [0.1, 0.15) is 22.3 Å². The largest absolute Gasteiger partial charge is 0.497 e. The highest BCUT2D eigenvalue weighted by Gasteiger charge is 2.11. The van der Waals surface area contributed by atoms with E-state index in [0.29, 0.717) is 22.7 Å². The fraction of sp³-hybridized carbons (Fsp3) is 0.211. The summed E-state index contributed by atoms with van der Waals surface area (Å²) in [6.07, 6.45) is -0.232. The van der Waals surface area contributed by atoms with Crippen LogP contribution in [0.5, 0.6) is 11.5 Å². The Balaban J connectivity index is 2.11. The number of ether oxygens (including phenoxy) is 2. The number of amides is 2. The molecule has 0 saturated carbocycles. The van der Waals surface area contributed by atoms with Crippen molar-refractivity contribution in [3.8, 4) is 17.6 Å². The second-order valence-electron chi connectivity index (χ2n) is 5.32. The molecular formula is C19H19N3O4. The third-order valence-electron chi connectivity index (χ3n) is 3.58. The smallest absolute Gasteiger partial charge is 0.251 e. The number of hydrogen-bond acceptors (Lipinski definition) is 5. The summed E-state index contributed by atoms with van der Waals surface area (Å²) >= 11 is 0. The molecule has 0 atom stereocenters. The highest BCUT2D eigenvalue weighted by atomic mass is 16.5. The van der Waals surface area contributed by atoms with Gasteiger partial charge in [-0.1, -0.05) is 18.2 Å². The second-order valence-corrected chi connectivity index (χ2v) is 5.32. The third kappa shape index (κ3) is 4.98. The summed E-state index contributed by atoms with van der Waals surface area (Å²) in [7, 11) is 3.02. The Kier molecular flexibility index (Phi) is 6.57. The summed E-state index contributed by atoms with van der Waals surface area (Å²) in [5, 5.41) is 14.0. The van der Waals surface area contributed by atoms with E-state index in [9.17, 15) is 9.59 Å². The Hall–Kier alpha value is -3.53. The van der Waals surface area contributed by atoms with Gasteiger partial charge in [-0.15, -0.1) is 0 Å². The molecule has 0 aliphatic heterocycles. The van der Waals surface area contributed by atoms with E-state index in [2.05, 4.69) is 10.6 Å². The monoisotopic (exact) mass is 353 g/mol. The van der Waals surface area contributed by atoms with Crippen LogP contribution in [0.2, 0.25) is 0 Å².